The minimum absolute atomic E-state index is 0.0503. The summed E-state index contributed by atoms with van der Waals surface area (Å²) < 4.78 is 45.7. The number of rotatable bonds is 6. The molecular weight excluding hydrogens is 475 g/mol. The number of alkyl halides is 3. The lowest BCUT2D eigenvalue weighted by molar-refractivity contribution is -0.234. The molecule has 1 aliphatic heterocycles. The summed E-state index contributed by atoms with van der Waals surface area (Å²) in [4.78, 5) is 24.6. The topological polar surface area (TPSA) is 125 Å². The number of aromatic nitrogens is 2. The number of aryl methyl sites for hydroxylation is 1. The first-order chi connectivity index (χ1) is 17.1. The molecule has 2 heterocycles. The van der Waals surface area contributed by atoms with Gasteiger partial charge in [0.05, 0.1) is 6.04 Å². The zero-order valence-electron chi connectivity index (χ0n) is 19.5. The summed E-state index contributed by atoms with van der Waals surface area (Å²) in [5.41, 5.74) is 14.6. The summed E-state index contributed by atoms with van der Waals surface area (Å²) in [5, 5.41) is 7.25. The fourth-order valence-corrected chi connectivity index (χ4v) is 4.29. The molecule has 190 valence electrons. The predicted molar refractivity (Wildman–Crippen MR) is 127 cm³/mol. The first-order valence-electron chi connectivity index (χ1n) is 11.4. The van der Waals surface area contributed by atoms with Gasteiger partial charge in [-0.2, -0.15) is 18.3 Å². The molecule has 1 fully saturated rings. The van der Waals surface area contributed by atoms with Gasteiger partial charge < -0.3 is 21.5 Å². The van der Waals surface area contributed by atoms with Crippen LogP contribution in [-0.2, 0) is 11.3 Å². The second kappa shape index (κ2) is 10.0. The number of carbonyl (C=O) groups is 2. The Labute approximate surface area is 205 Å². The van der Waals surface area contributed by atoms with Crippen LogP contribution in [0.1, 0.15) is 50.7 Å². The Bertz CT molecular complexity index is 1270. The molecule has 2 unspecified atom stereocenters. The number of halogens is 3. The number of carbonyl (C=O) groups excluding carboxylic acids is 2. The Hall–Kier alpha value is -3.86. The van der Waals surface area contributed by atoms with Crippen molar-refractivity contribution < 1.29 is 27.5 Å². The fourth-order valence-electron chi connectivity index (χ4n) is 4.29. The molecule has 2 aromatic carbocycles. The smallest absolute Gasteiger partial charge is 0.383 e. The average molecular weight is 502 g/mol. The Kier molecular flexibility index (Phi) is 7.02. The van der Waals surface area contributed by atoms with Gasteiger partial charge in [0.25, 0.3) is 11.8 Å². The van der Waals surface area contributed by atoms with E-state index in [1.165, 1.54) is 4.68 Å². The van der Waals surface area contributed by atoms with Gasteiger partial charge in [-0.15, -0.1) is 0 Å². The molecule has 8 nitrogen and oxygen atoms in total. The van der Waals surface area contributed by atoms with Crippen molar-refractivity contribution in [2.24, 2.45) is 5.73 Å². The van der Waals surface area contributed by atoms with Crippen molar-refractivity contribution in [2.45, 2.75) is 44.6 Å². The number of nitrogens with one attached hydrogen (secondary N) is 1. The van der Waals surface area contributed by atoms with Crippen LogP contribution in [0.4, 0.5) is 19.0 Å². The Balaban J connectivity index is 1.54. The summed E-state index contributed by atoms with van der Waals surface area (Å²) in [5.74, 6) is -1.11. The minimum Gasteiger partial charge on any atom is -0.383 e. The number of nitrogens with zero attached hydrogens (tertiary/aromatic N) is 2. The molecule has 0 spiro atoms. The van der Waals surface area contributed by atoms with Gasteiger partial charge in [0.1, 0.15) is 17.1 Å². The van der Waals surface area contributed by atoms with E-state index in [0.717, 1.165) is 11.1 Å². The number of ether oxygens (including phenoxy) is 1. The van der Waals surface area contributed by atoms with E-state index in [1.54, 1.807) is 36.4 Å². The molecule has 0 aliphatic carbocycles. The molecule has 0 bridgehead atoms. The van der Waals surface area contributed by atoms with E-state index >= 15 is 0 Å². The van der Waals surface area contributed by atoms with Crippen molar-refractivity contribution in [3.8, 4) is 11.3 Å². The van der Waals surface area contributed by atoms with Gasteiger partial charge in [-0.05, 0) is 30.5 Å². The molecule has 1 aliphatic rings. The molecule has 0 radical (unpaired) electrons. The molecule has 36 heavy (non-hydrogen) atoms. The van der Waals surface area contributed by atoms with Crippen LogP contribution in [0.15, 0.2) is 48.5 Å². The van der Waals surface area contributed by atoms with E-state index < -0.39 is 24.2 Å². The molecule has 5 N–H and O–H groups in total. The second-order valence-electron chi connectivity index (χ2n) is 8.69. The third kappa shape index (κ3) is 5.20. The number of nitrogens with two attached hydrogens (primary N) is 2. The number of nitrogen functional groups attached to an aromatic ring is 1. The standard InChI is InChI=1S/C25H26F3N5O3/c1-14-4-2-3-5-18(14)24(35)31-13-15-6-8-16(9-7-15)21-20(23(30)34)22(29)33(32-21)17-10-11-36-19(12-17)25(26,27)28/h2-9,17,19H,10-13,29H2,1H3,(H2,30,34)(H,31,35). The summed E-state index contributed by atoms with van der Waals surface area (Å²) in [6.07, 6.45) is -6.56. The van der Waals surface area contributed by atoms with Crippen LogP contribution < -0.4 is 16.8 Å². The molecular formula is C25H26F3N5O3. The summed E-state index contributed by atoms with van der Waals surface area (Å²) in [6, 6.07) is 13.4. The maximum Gasteiger partial charge on any atom is 0.414 e. The van der Waals surface area contributed by atoms with Gasteiger partial charge in [-0.25, -0.2) is 4.68 Å². The van der Waals surface area contributed by atoms with Crippen molar-refractivity contribution in [3.05, 3.63) is 70.8 Å². The molecule has 4 rings (SSSR count). The summed E-state index contributed by atoms with van der Waals surface area (Å²) >= 11 is 0. The normalized spacial score (nSPS) is 18.1. The lowest BCUT2D eigenvalue weighted by atomic mass is 10.0. The highest BCUT2D eigenvalue weighted by molar-refractivity contribution is 6.03. The van der Waals surface area contributed by atoms with Crippen LogP contribution in [-0.4, -0.2) is 40.5 Å². The fraction of sp³-hybridized carbons (Fsp3) is 0.320. The molecule has 0 saturated carbocycles. The van der Waals surface area contributed by atoms with Gasteiger partial charge in [0.15, 0.2) is 6.10 Å². The lowest BCUT2D eigenvalue weighted by Crippen LogP contribution is -2.39. The number of benzene rings is 2. The van der Waals surface area contributed by atoms with Crippen LogP contribution in [0.5, 0.6) is 0 Å². The van der Waals surface area contributed by atoms with E-state index in [0.29, 0.717) is 11.1 Å². The monoisotopic (exact) mass is 501 g/mol. The van der Waals surface area contributed by atoms with Crippen molar-refractivity contribution in [2.75, 3.05) is 12.3 Å². The third-order valence-electron chi connectivity index (χ3n) is 6.23. The zero-order valence-corrected chi connectivity index (χ0v) is 19.5. The van der Waals surface area contributed by atoms with E-state index in [1.807, 2.05) is 19.1 Å². The largest absolute Gasteiger partial charge is 0.414 e. The number of amides is 2. The number of anilines is 1. The van der Waals surface area contributed by atoms with Gasteiger partial charge in [0, 0.05) is 30.7 Å². The second-order valence-corrected chi connectivity index (χ2v) is 8.69. The van der Waals surface area contributed by atoms with Gasteiger partial charge in [-0.1, -0.05) is 42.5 Å². The van der Waals surface area contributed by atoms with Crippen molar-refractivity contribution in [1.29, 1.82) is 0 Å². The molecule has 1 aromatic heterocycles. The highest BCUT2D eigenvalue weighted by Crippen LogP contribution is 2.37. The lowest BCUT2D eigenvalue weighted by Gasteiger charge is -2.31. The van der Waals surface area contributed by atoms with Crippen molar-refractivity contribution in [3.63, 3.8) is 0 Å². The van der Waals surface area contributed by atoms with Gasteiger partial charge in [0.2, 0.25) is 0 Å². The van der Waals surface area contributed by atoms with Crippen LogP contribution in [0, 0.1) is 6.92 Å². The van der Waals surface area contributed by atoms with E-state index in [4.69, 9.17) is 16.2 Å². The van der Waals surface area contributed by atoms with Gasteiger partial charge in [-0.3, -0.25) is 9.59 Å². The number of primary amides is 1. The zero-order chi connectivity index (χ0) is 26.0. The van der Waals surface area contributed by atoms with Crippen LogP contribution in [0.25, 0.3) is 11.3 Å². The summed E-state index contributed by atoms with van der Waals surface area (Å²) in [6.45, 7) is 2.01. The van der Waals surface area contributed by atoms with E-state index in [9.17, 15) is 22.8 Å². The van der Waals surface area contributed by atoms with Crippen LogP contribution in [0.3, 0.4) is 0 Å². The number of hydrogen-bond acceptors (Lipinski definition) is 5. The van der Waals surface area contributed by atoms with Crippen LogP contribution in [0.2, 0.25) is 0 Å². The Morgan fingerprint density at radius 1 is 1.17 bits per heavy atom. The maximum atomic E-state index is 13.2. The van der Waals surface area contributed by atoms with E-state index in [-0.39, 0.29) is 49.0 Å². The molecule has 3 aromatic rings. The predicted octanol–water partition coefficient (Wildman–Crippen LogP) is 3.75. The van der Waals surface area contributed by atoms with Gasteiger partial charge >= 0.3 is 6.18 Å². The minimum atomic E-state index is -4.51. The maximum absolute atomic E-state index is 13.2. The molecule has 1 saturated heterocycles. The quantitative estimate of drug-likeness (QED) is 0.474. The first-order valence-corrected chi connectivity index (χ1v) is 11.4. The molecule has 2 atom stereocenters. The SMILES string of the molecule is Cc1ccccc1C(=O)NCc1ccc(-c2nn(C3CCOC(C(F)(F)F)C3)c(N)c2C(N)=O)cc1. The van der Waals surface area contributed by atoms with Crippen molar-refractivity contribution in [1.82, 2.24) is 15.1 Å². The van der Waals surface area contributed by atoms with E-state index in [2.05, 4.69) is 10.4 Å². The third-order valence-corrected chi connectivity index (χ3v) is 6.23. The highest BCUT2D eigenvalue weighted by Gasteiger charge is 2.44. The van der Waals surface area contributed by atoms with Crippen LogP contribution >= 0.6 is 0 Å². The molecule has 11 heteroatoms. The Morgan fingerprint density at radius 2 is 1.86 bits per heavy atom. The van der Waals surface area contributed by atoms with Crippen molar-refractivity contribution >= 4 is 17.6 Å². The Morgan fingerprint density at radius 3 is 2.50 bits per heavy atom. The first kappa shape index (κ1) is 25.2. The molecule has 2 amide bonds. The highest BCUT2D eigenvalue weighted by atomic mass is 19.4. The average Bonchev–Trinajstić information content (AvgIpc) is 3.20. The number of hydrogen-bond donors (Lipinski definition) is 3. The summed E-state index contributed by atoms with van der Waals surface area (Å²) in [7, 11) is 0.